The molecule has 0 aromatic carbocycles. The fraction of sp³-hybridized carbons (Fsp3) is 0.857. The molecule has 6 heteroatoms. The highest BCUT2D eigenvalue weighted by atomic mass is 32.2. The van der Waals surface area contributed by atoms with E-state index in [1.807, 2.05) is 0 Å². The van der Waals surface area contributed by atoms with Gasteiger partial charge in [-0.05, 0) is 12.8 Å². The van der Waals surface area contributed by atoms with Gasteiger partial charge in [-0.15, -0.1) is 0 Å². The van der Waals surface area contributed by atoms with Crippen molar-refractivity contribution >= 4 is 16.4 Å². The van der Waals surface area contributed by atoms with Crippen LogP contribution in [0, 0.1) is 5.92 Å². The number of aldehydes is 1. The third-order valence-electron chi connectivity index (χ3n) is 1.48. The lowest BCUT2D eigenvalue weighted by Gasteiger charge is -2.06. The second-order valence-electron chi connectivity index (χ2n) is 2.72. The first-order chi connectivity index (χ1) is 5.99. The molecule has 0 spiro atoms. The molecule has 0 saturated carbocycles. The molecule has 78 valence electrons. The molecule has 0 aliphatic heterocycles. The Balaban J connectivity index is 3.67. The highest BCUT2D eigenvalue weighted by Crippen LogP contribution is 2.05. The molecule has 13 heavy (non-hydrogen) atoms. The predicted octanol–water partition coefficient (Wildman–Crippen LogP) is -0.450. The Morgan fingerprint density at radius 3 is 2.46 bits per heavy atom. The van der Waals surface area contributed by atoms with Gasteiger partial charge in [0.05, 0.1) is 12.9 Å². The van der Waals surface area contributed by atoms with Crippen LogP contribution < -0.4 is 0 Å². The van der Waals surface area contributed by atoms with Crippen LogP contribution in [0.1, 0.15) is 12.8 Å². The van der Waals surface area contributed by atoms with E-state index in [1.165, 1.54) is 0 Å². The molecule has 0 aliphatic rings. The topological polar surface area (TPSA) is 80.7 Å². The number of aliphatic hydroxyl groups is 1. The van der Waals surface area contributed by atoms with Crippen LogP contribution in [0.5, 0.6) is 0 Å². The predicted molar refractivity (Wildman–Crippen MR) is 46.7 cm³/mol. The molecule has 1 unspecified atom stereocenters. The second-order valence-corrected chi connectivity index (χ2v) is 4.37. The average molecular weight is 210 g/mol. The van der Waals surface area contributed by atoms with Gasteiger partial charge in [0.2, 0.25) is 0 Å². The lowest BCUT2D eigenvalue weighted by molar-refractivity contribution is -0.111. The third-order valence-corrected chi connectivity index (χ3v) is 2.07. The molecule has 0 radical (unpaired) electrons. The Hall–Kier alpha value is -0.460. The minimum absolute atomic E-state index is 0.0117. The molecular weight excluding hydrogens is 196 g/mol. The zero-order chi connectivity index (χ0) is 10.3. The highest BCUT2D eigenvalue weighted by molar-refractivity contribution is 7.85. The summed E-state index contributed by atoms with van der Waals surface area (Å²) in [5, 5.41) is 8.51. The maximum atomic E-state index is 10.5. The van der Waals surface area contributed by atoms with Gasteiger partial charge in [-0.3, -0.25) is 4.18 Å². The van der Waals surface area contributed by atoms with Crippen molar-refractivity contribution in [1.82, 2.24) is 0 Å². The van der Waals surface area contributed by atoms with E-state index >= 15 is 0 Å². The number of hydrogen-bond donors (Lipinski definition) is 1. The molecule has 5 nitrogen and oxygen atoms in total. The van der Waals surface area contributed by atoms with E-state index in [-0.39, 0.29) is 19.1 Å². The SMILES string of the molecule is CS(=O)(=O)OCCC(C=O)CCO. The first kappa shape index (κ1) is 12.5. The molecule has 0 amide bonds. The zero-order valence-electron chi connectivity index (χ0n) is 7.47. The van der Waals surface area contributed by atoms with Crippen molar-refractivity contribution in [2.45, 2.75) is 12.8 Å². The molecule has 0 aliphatic carbocycles. The number of aliphatic hydroxyl groups excluding tert-OH is 1. The van der Waals surface area contributed by atoms with Gasteiger partial charge in [0.1, 0.15) is 6.29 Å². The Morgan fingerprint density at radius 2 is 2.08 bits per heavy atom. The molecule has 0 bridgehead atoms. The number of rotatable bonds is 7. The molecule has 1 atom stereocenters. The Bertz CT molecular complexity index is 233. The van der Waals surface area contributed by atoms with E-state index in [2.05, 4.69) is 4.18 Å². The van der Waals surface area contributed by atoms with Gasteiger partial charge < -0.3 is 9.90 Å². The van der Waals surface area contributed by atoms with E-state index in [0.717, 1.165) is 6.26 Å². The Morgan fingerprint density at radius 1 is 1.46 bits per heavy atom. The quantitative estimate of drug-likeness (QED) is 0.454. The normalized spacial score (nSPS) is 14.0. The lowest BCUT2D eigenvalue weighted by atomic mass is 10.1. The van der Waals surface area contributed by atoms with Gasteiger partial charge in [-0.2, -0.15) is 8.42 Å². The summed E-state index contributed by atoms with van der Waals surface area (Å²) < 4.78 is 25.4. The van der Waals surface area contributed by atoms with Gasteiger partial charge in [-0.1, -0.05) is 0 Å². The third kappa shape index (κ3) is 7.89. The van der Waals surface area contributed by atoms with Crippen LogP contribution in [0.3, 0.4) is 0 Å². The van der Waals surface area contributed by atoms with Crippen molar-refractivity contribution < 1.29 is 22.5 Å². The Kier molecular flexibility index (Phi) is 5.85. The monoisotopic (exact) mass is 210 g/mol. The standard InChI is InChI=1S/C7H14O5S/c1-13(10,11)12-5-3-7(6-9)2-4-8/h6-8H,2-5H2,1H3. The van der Waals surface area contributed by atoms with Crippen LogP contribution >= 0.6 is 0 Å². The molecule has 1 N–H and O–H groups in total. The summed E-state index contributed by atoms with van der Waals surface area (Å²) in [4.78, 5) is 10.3. The largest absolute Gasteiger partial charge is 0.396 e. The van der Waals surface area contributed by atoms with Crippen LogP contribution in [-0.4, -0.2) is 39.3 Å². The minimum atomic E-state index is -3.42. The van der Waals surface area contributed by atoms with Crippen LogP contribution in [0.2, 0.25) is 0 Å². The van der Waals surface area contributed by atoms with Gasteiger partial charge in [0.15, 0.2) is 0 Å². The zero-order valence-corrected chi connectivity index (χ0v) is 8.29. The van der Waals surface area contributed by atoms with E-state index in [4.69, 9.17) is 5.11 Å². The van der Waals surface area contributed by atoms with E-state index in [9.17, 15) is 13.2 Å². The van der Waals surface area contributed by atoms with Crippen molar-refractivity contribution in [2.24, 2.45) is 5.92 Å². The van der Waals surface area contributed by atoms with Crippen molar-refractivity contribution in [3.63, 3.8) is 0 Å². The molecule has 0 rings (SSSR count). The molecule has 0 fully saturated rings. The van der Waals surface area contributed by atoms with Crippen LogP contribution in [0.25, 0.3) is 0 Å². The molecule has 0 aromatic heterocycles. The smallest absolute Gasteiger partial charge is 0.264 e. The summed E-state index contributed by atoms with van der Waals surface area (Å²) in [5.41, 5.74) is 0. The van der Waals surface area contributed by atoms with Gasteiger partial charge in [0.25, 0.3) is 10.1 Å². The fourth-order valence-corrected chi connectivity index (χ4v) is 1.20. The summed E-state index contributed by atoms with van der Waals surface area (Å²) in [6.07, 6.45) is 2.31. The van der Waals surface area contributed by atoms with E-state index in [0.29, 0.717) is 19.1 Å². The van der Waals surface area contributed by atoms with Crippen molar-refractivity contribution in [2.75, 3.05) is 19.5 Å². The summed E-state index contributed by atoms with van der Waals surface area (Å²) in [6, 6.07) is 0. The maximum Gasteiger partial charge on any atom is 0.264 e. The highest BCUT2D eigenvalue weighted by Gasteiger charge is 2.08. The van der Waals surface area contributed by atoms with Crippen molar-refractivity contribution in [3.05, 3.63) is 0 Å². The van der Waals surface area contributed by atoms with Crippen molar-refractivity contribution in [1.29, 1.82) is 0 Å². The van der Waals surface area contributed by atoms with Crippen LogP contribution in [0.4, 0.5) is 0 Å². The molecule has 0 heterocycles. The van der Waals surface area contributed by atoms with E-state index in [1.54, 1.807) is 0 Å². The summed E-state index contributed by atoms with van der Waals surface area (Å²) in [7, 11) is -3.42. The number of carbonyl (C=O) groups is 1. The summed E-state index contributed by atoms with van der Waals surface area (Å²) in [6.45, 7) is -0.0927. The van der Waals surface area contributed by atoms with Crippen molar-refractivity contribution in [3.8, 4) is 0 Å². The molecule has 0 saturated heterocycles. The number of hydrogen-bond acceptors (Lipinski definition) is 5. The van der Waals surface area contributed by atoms with Crippen LogP contribution in [-0.2, 0) is 19.1 Å². The first-order valence-corrected chi connectivity index (χ1v) is 5.72. The summed E-state index contributed by atoms with van der Waals surface area (Å²) in [5.74, 6) is -0.327. The minimum Gasteiger partial charge on any atom is -0.396 e. The number of carbonyl (C=O) groups excluding carboxylic acids is 1. The molecular formula is C7H14O5S. The second kappa shape index (κ2) is 6.06. The fourth-order valence-electron chi connectivity index (χ4n) is 0.797. The first-order valence-electron chi connectivity index (χ1n) is 3.90. The van der Waals surface area contributed by atoms with Gasteiger partial charge >= 0.3 is 0 Å². The summed E-state index contributed by atoms with van der Waals surface area (Å²) >= 11 is 0. The Labute approximate surface area is 77.8 Å². The van der Waals surface area contributed by atoms with Gasteiger partial charge in [-0.25, -0.2) is 0 Å². The van der Waals surface area contributed by atoms with E-state index < -0.39 is 10.1 Å². The van der Waals surface area contributed by atoms with Crippen LogP contribution in [0.15, 0.2) is 0 Å². The lowest BCUT2D eigenvalue weighted by Crippen LogP contribution is -2.11. The molecule has 0 aromatic rings. The van der Waals surface area contributed by atoms with Gasteiger partial charge in [0, 0.05) is 12.5 Å². The average Bonchev–Trinajstić information content (AvgIpc) is 2.01. The maximum absolute atomic E-state index is 10.5.